The standard InChI is InChI=1S/C15H25N3O/c1-4-9-17-15(19)12-7-8-13(14(16)10-12)11-18(5-2)6-3/h7-8,10H,4-6,9,11,16H2,1-3H3,(H,17,19). The van der Waals surface area contributed by atoms with Crippen LogP contribution in [-0.2, 0) is 6.54 Å². The number of carbonyl (C=O) groups excluding carboxylic acids is 1. The highest BCUT2D eigenvalue weighted by Crippen LogP contribution is 2.16. The molecule has 0 spiro atoms. The van der Waals surface area contributed by atoms with Gasteiger partial charge >= 0.3 is 0 Å². The number of anilines is 1. The normalized spacial score (nSPS) is 10.7. The highest BCUT2D eigenvalue weighted by Gasteiger charge is 2.09. The lowest BCUT2D eigenvalue weighted by molar-refractivity contribution is 0.0953. The van der Waals surface area contributed by atoms with E-state index in [1.807, 2.05) is 19.1 Å². The van der Waals surface area contributed by atoms with Gasteiger partial charge in [0, 0.05) is 24.3 Å². The molecule has 0 aliphatic carbocycles. The maximum atomic E-state index is 11.8. The number of rotatable bonds is 7. The van der Waals surface area contributed by atoms with Crippen LogP contribution >= 0.6 is 0 Å². The van der Waals surface area contributed by atoms with Gasteiger partial charge in [0.1, 0.15) is 0 Å². The average molecular weight is 263 g/mol. The summed E-state index contributed by atoms with van der Waals surface area (Å²) in [7, 11) is 0. The molecule has 4 nitrogen and oxygen atoms in total. The third-order valence-electron chi connectivity index (χ3n) is 3.23. The number of amides is 1. The largest absolute Gasteiger partial charge is 0.398 e. The Hall–Kier alpha value is -1.55. The maximum absolute atomic E-state index is 11.8. The second kappa shape index (κ2) is 7.79. The number of hydrogen-bond donors (Lipinski definition) is 2. The van der Waals surface area contributed by atoms with Gasteiger partial charge in [0.05, 0.1) is 0 Å². The van der Waals surface area contributed by atoms with E-state index in [2.05, 4.69) is 24.1 Å². The van der Waals surface area contributed by atoms with Crippen molar-refractivity contribution in [2.45, 2.75) is 33.7 Å². The van der Waals surface area contributed by atoms with Gasteiger partial charge in [0.15, 0.2) is 0 Å². The van der Waals surface area contributed by atoms with Crippen molar-refractivity contribution in [3.8, 4) is 0 Å². The molecular formula is C15H25N3O. The maximum Gasteiger partial charge on any atom is 0.251 e. The van der Waals surface area contributed by atoms with E-state index in [1.165, 1.54) is 0 Å². The molecule has 1 rings (SSSR count). The third-order valence-corrected chi connectivity index (χ3v) is 3.23. The van der Waals surface area contributed by atoms with Crippen LogP contribution < -0.4 is 11.1 Å². The zero-order chi connectivity index (χ0) is 14.3. The van der Waals surface area contributed by atoms with Crippen molar-refractivity contribution in [3.63, 3.8) is 0 Å². The topological polar surface area (TPSA) is 58.4 Å². The molecular weight excluding hydrogens is 238 g/mol. The highest BCUT2D eigenvalue weighted by atomic mass is 16.1. The summed E-state index contributed by atoms with van der Waals surface area (Å²) in [5.74, 6) is -0.0528. The van der Waals surface area contributed by atoms with Crippen LogP contribution in [0.3, 0.4) is 0 Å². The van der Waals surface area contributed by atoms with E-state index < -0.39 is 0 Å². The van der Waals surface area contributed by atoms with Gasteiger partial charge < -0.3 is 11.1 Å². The van der Waals surface area contributed by atoms with Crippen LogP contribution in [0.1, 0.15) is 43.1 Å². The number of hydrogen-bond acceptors (Lipinski definition) is 3. The summed E-state index contributed by atoms with van der Waals surface area (Å²) >= 11 is 0. The van der Waals surface area contributed by atoms with E-state index >= 15 is 0 Å². The lowest BCUT2D eigenvalue weighted by Gasteiger charge is -2.19. The molecule has 0 saturated heterocycles. The molecule has 0 aliphatic heterocycles. The molecule has 1 amide bonds. The van der Waals surface area contributed by atoms with Gasteiger partial charge in [0.25, 0.3) is 5.91 Å². The van der Waals surface area contributed by atoms with E-state index in [0.29, 0.717) is 17.8 Å². The summed E-state index contributed by atoms with van der Waals surface area (Å²) < 4.78 is 0. The molecule has 1 aromatic rings. The first-order valence-corrected chi connectivity index (χ1v) is 7.01. The van der Waals surface area contributed by atoms with Gasteiger partial charge in [-0.1, -0.05) is 26.8 Å². The molecule has 3 N–H and O–H groups in total. The number of nitrogens with one attached hydrogen (secondary N) is 1. The molecule has 4 heteroatoms. The van der Waals surface area contributed by atoms with Gasteiger partial charge in [-0.2, -0.15) is 0 Å². The monoisotopic (exact) mass is 263 g/mol. The van der Waals surface area contributed by atoms with E-state index in [1.54, 1.807) is 6.07 Å². The molecule has 0 atom stereocenters. The van der Waals surface area contributed by atoms with Gasteiger partial charge in [-0.3, -0.25) is 9.69 Å². The van der Waals surface area contributed by atoms with Crippen molar-refractivity contribution in [2.75, 3.05) is 25.4 Å². The SMILES string of the molecule is CCCNC(=O)c1ccc(CN(CC)CC)c(N)c1. The smallest absolute Gasteiger partial charge is 0.251 e. The first kappa shape index (κ1) is 15.5. The summed E-state index contributed by atoms with van der Waals surface area (Å²) in [4.78, 5) is 14.1. The fourth-order valence-electron chi connectivity index (χ4n) is 1.91. The molecule has 0 aliphatic rings. The summed E-state index contributed by atoms with van der Waals surface area (Å²) in [6, 6.07) is 5.57. The lowest BCUT2D eigenvalue weighted by Crippen LogP contribution is -2.25. The summed E-state index contributed by atoms with van der Waals surface area (Å²) in [6.45, 7) is 9.80. The van der Waals surface area contributed by atoms with Crippen LogP contribution in [0.2, 0.25) is 0 Å². The van der Waals surface area contributed by atoms with Gasteiger partial charge in [-0.15, -0.1) is 0 Å². The fourth-order valence-corrected chi connectivity index (χ4v) is 1.91. The van der Waals surface area contributed by atoms with Crippen LogP contribution in [0.4, 0.5) is 5.69 Å². The quantitative estimate of drug-likeness (QED) is 0.742. The Morgan fingerprint density at radius 1 is 1.26 bits per heavy atom. The lowest BCUT2D eigenvalue weighted by atomic mass is 10.1. The Kier molecular flexibility index (Phi) is 6.36. The second-order valence-corrected chi connectivity index (χ2v) is 4.63. The molecule has 0 bridgehead atoms. The first-order chi connectivity index (χ1) is 9.12. The molecule has 0 aromatic heterocycles. The van der Waals surface area contributed by atoms with Crippen LogP contribution in [-0.4, -0.2) is 30.4 Å². The zero-order valence-electron chi connectivity index (χ0n) is 12.2. The van der Waals surface area contributed by atoms with Crippen molar-refractivity contribution in [1.82, 2.24) is 10.2 Å². The molecule has 0 radical (unpaired) electrons. The Morgan fingerprint density at radius 3 is 2.47 bits per heavy atom. The summed E-state index contributed by atoms with van der Waals surface area (Å²) in [5, 5.41) is 2.85. The number of nitrogen functional groups attached to an aromatic ring is 1. The molecule has 106 valence electrons. The van der Waals surface area contributed by atoms with Crippen LogP contribution in [0.15, 0.2) is 18.2 Å². The number of carbonyl (C=O) groups is 1. The van der Waals surface area contributed by atoms with Crippen LogP contribution in [0, 0.1) is 0 Å². The Morgan fingerprint density at radius 2 is 1.95 bits per heavy atom. The molecule has 19 heavy (non-hydrogen) atoms. The van der Waals surface area contributed by atoms with E-state index in [4.69, 9.17) is 5.73 Å². The Labute approximate surface area is 116 Å². The Balaban J connectivity index is 2.76. The zero-order valence-corrected chi connectivity index (χ0v) is 12.2. The third kappa shape index (κ3) is 4.56. The van der Waals surface area contributed by atoms with E-state index in [0.717, 1.165) is 31.6 Å². The minimum Gasteiger partial charge on any atom is -0.398 e. The molecule has 0 saturated carbocycles. The molecule has 0 fully saturated rings. The fraction of sp³-hybridized carbons (Fsp3) is 0.533. The predicted octanol–water partition coefficient (Wildman–Crippen LogP) is 2.25. The van der Waals surface area contributed by atoms with Crippen molar-refractivity contribution >= 4 is 11.6 Å². The first-order valence-electron chi connectivity index (χ1n) is 7.01. The van der Waals surface area contributed by atoms with Gasteiger partial charge in [-0.05, 0) is 37.2 Å². The van der Waals surface area contributed by atoms with Crippen molar-refractivity contribution in [2.24, 2.45) is 0 Å². The minimum absolute atomic E-state index is 0.0528. The molecule has 0 unspecified atom stereocenters. The van der Waals surface area contributed by atoms with Crippen molar-refractivity contribution < 1.29 is 4.79 Å². The summed E-state index contributed by atoms with van der Waals surface area (Å²) in [5.41, 5.74) is 8.44. The number of nitrogens with zero attached hydrogens (tertiary/aromatic N) is 1. The molecule has 1 aromatic carbocycles. The van der Waals surface area contributed by atoms with Gasteiger partial charge in [-0.25, -0.2) is 0 Å². The summed E-state index contributed by atoms with van der Waals surface area (Å²) in [6.07, 6.45) is 0.932. The second-order valence-electron chi connectivity index (χ2n) is 4.63. The van der Waals surface area contributed by atoms with E-state index in [-0.39, 0.29) is 5.91 Å². The number of benzene rings is 1. The minimum atomic E-state index is -0.0528. The van der Waals surface area contributed by atoms with Crippen molar-refractivity contribution in [1.29, 1.82) is 0 Å². The average Bonchev–Trinajstić information content (AvgIpc) is 2.43. The van der Waals surface area contributed by atoms with E-state index in [9.17, 15) is 4.79 Å². The Bertz CT molecular complexity index is 414. The van der Waals surface area contributed by atoms with Crippen LogP contribution in [0.25, 0.3) is 0 Å². The molecule has 0 heterocycles. The highest BCUT2D eigenvalue weighted by molar-refractivity contribution is 5.95. The predicted molar refractivity (Wildman–Crippen MR) is 80.1 cm³/mol. The van der Waals surface area contributed by atoms with Crippen molar-refractivity contribution in [3.05, 3.63) is 29.3 Å². The number of nitrogens with two attached hydrogens (primary N) is 1. The van der Waals surface area contributed by atoms with Crippen LogP contribution in [0.5, 0.6) is 0 Å². The van der Waals surface area contributed by atoms with Gasteiger partial charge in [0.2, 0.25) is 0 Å².